The quantitative estimate of drug-likeness (QED) is 0.602. The smallest absolute Gasteiger partial charge is 0.144 e. The molecule has 2 aromatic carbocycles. The van der Waals surface area contributed by atoms with E-state index in [0.717, 1.165) is 51.4 Å². The van der Waals surface area contributed by atoms with Crippen molar-refractivity contribution >= 4 is 33.3 Å². The van der Waals surface area contributed by atoms with E-state index in [-0.39, 0.29) is 6.61 Å². The Labute approximate surface area is 152 Å². The average molecular weight is 346 g/mol. The summed E-state index contributed by atoms with van der Waals surface area (Å²) in [6, 6.07) is 16.5. The monoisotopic (exact) mass is 346 g/mol. The van der Waals surface area contributed by atoms with Crippen LogP contribution in [0.4, 0.5) is 11.5 Å². The van der Waals surface area contributed by atoms with Crippen LogP contribution in [0.2, 0.25) is 0 Å². The Kier molecular flexibility index (Phi) is 4.09. The van der Waals surface area contributed by atoms with E-state index in [9.17, 15) is 5.11 Å². The van der Waals surface area contributed by atoms with Gasteiger partial charge in [0.2, 0.25) is 0 Å². The summed E-state index contributed by atoms with van der Waals surface area (Å²) in [6.07, 6.45) is 0. The van der Waals surface area contributed by atoms with Crippen LogP contribution in [0.1, 0.15) is 18.4 Å². The van der Waals surface area contributed by atoms with Crippen LogP contribution >= 0.6 is 0 Å². The summed E-state index contributed by atoms with van der Waals surface area (Å²) in [7, 11) is 2.03. The SMILES string of the molecule is CCn1c(CO)cc2cc(N(C)c3nc(C)nc4ccccc34)ccc21. The molecule has 0 bridgehead atoms. The molecule has 0 saturated carbocycles. The fraction of sp³-hybridized carbons (Fsp3) is 0.238. The summed E-state index contributed by atoms with van der Waals surface area (Å²) in [6.45, 7) is 4.89. The van der Waals surface area contributed by atoms with Crippen LogP contribution < -0.4 is 4.90 Å². The van der Waals surface area contributed by atoms with Crippen molar-refractivity contribution in [3.63, 3.8) is 0 Å². The van der Waals surface area contributed by atoms with Gasteiger partial charge in [-0.1, -0.05) is 12.1 Å². The lowest BCUT2D eigenvalue weighted by Gasteiger charge is -2.20. The van der Waals surface area contributed by atoms with Crippen LogP contribution in [0.5, 0.6) is 0 Å². The maximum absolute atomic E-state index is 9.61. The normalized spacial score (nSPS) is 11.4. The highest BCUT2D eigenvalue weighted by Crippen LogP contribution is 2.31. The number of anilines is 2. The predicted molar refractivity (Wildman–Crippen MR) is 106 cm³/mol. The van der Waals surface area contributed by atoms with Gasteiger partial charge in [-0.25, -0.2) is 9.97 Å². The van der Waals surface area contributed by atoms with Crippen molar-refractivity contribution in [2.24, 2.45) is 0 Å². The van der Waals surface area contributed by atoms with Gasteiger partial charge in [-0.2, -0.15) is 0 Å². The molecule has 26 heavy (non-hydrogen) atoms. The van der Waals surface area contributed by atoms with Gasteiger partial charge in [-0.3, -0.25) is 0 Å². The number of hydrogen-bond donors (Lipinski definition) is 1. The molecule has 5 heteroatoms. The fourth-order valence-corrected chi connectivity index (χ4v) is 3.58. The van der Waals surface area contributed by atoms with Crippen LogP contribution in [0.25, 0.3) is 21.8 Å². The molecule has 4 aromatic rings. The molecule has 0 radical (unpaired) electrons. The van der Waals surface area contributed by atoms with Gasteiger partial charge in [0.25, 0.3) is 0 Å². The number of fused-ring (bicyclic) bond motifs is 2. The molecule has 0 aliphatic carbocycles. The summed E-state index contributed by atoms with van der Waals surface area (Å²) in [4.78, 5) is 11.3. The lowest BCUT2D eigenvalue weighted by atomic mass is 10.2. The van der Waals surface area contributed by atoms with Crippen LogP contribution in [0.15, 0.2) is 48.5 Å². The van der Waals surface area contributed by atoms with E-state index in [4.69, 9.17) is 0 Å². The molecular formula is C21H22N4O. The van der Waals surface area contributed by atoms with Crippen molar-refractivity contribution in [3.8, 4) is 0 Å². The first-order valence-corrected chi connectivity index (χ1v) is 8.82. The first-order valence-electron chi connectivity index (χ1n) is 8.82. The second-order valence-corrected chi connectivity index (χ2v) is 6.45. The standard InChI is InChI=1S/C21H22N4O/c1-4-25-17(13-26)12-15-11-16(9-10-20(15)25)24(3)21-18-7-5-6-8-19(18)22-14(2)23-21/h5-12,26H,4,13H2,1-3H3. The molecule has 2 aromatic heterocycles. The Hall–Kier alpha value is -2.92. The topological polar surface area (TPSA) is 54.2 Å². The van der Waals surface area contributed by atoms with E-state index in [1.807, 2.05) is 32.2 Å². The summed E-state index contributed by atoms with van der Waals surface area (Å²) < 4.78 is 2.14. The van der Waals surface area contributed by atoms with E-state index >= 15 is 0 Å². The summed E-state index contributed by atoms with van der Waals surface area (Å²) in [5.74, 6) is 1.65. The van der Waals surface area contributed by atoms with Crippen molar-refractivity contribution in [1.29, 1.82) is 0 Å². The van der Waals surface area contributed by atoms with Crippen molar-refractivity contribution in [1.82, 2.24) is 14.5 Å². The Balaban J connectivity index is 1.85. The number of aryl methyl sites for hydroxylation is 2. The van der Waals surface area contributed by atoms with Gasteiger partial charge in [0, 0.05) is 41.3 Å². The van der Waals surface area contributed by atoms with Crippen molar-refractivity contribution in [3.05, 3.63) is 60.0 Å². The molecule has 4 rings (SSSR count). The van der Waals surface area contributed by atoms with E-state index in [0.29, 0.717) is 0 Å². The van der Waals surface area contributed by atoms with E-state index in [1.165, 1.54) is 0 Å². The Bertz CT molecular complexity index is 1100. The molecule has 0 spiro atoms. The Morgan fingerprint density at radius 3 is 2.65 bits per heavy atom. The first-order chi connectivity index (χ1) is 12.6. The minimum atomic E-state index is 0.0451. The highest BCUT2D eigenvalue weighted by atomic mass is 16.3. The Morgan fingerprint density at radius 1 is 1.08 bits per heavy atom. The molecule has 0 unspecified atom stereocenters. The highest BCUT2D eigenvalue weighted by molar-refractivity contribution is 5.93. The van der Waals surface area contributed by atoms with Crippen molar-refractivity contribution in [2.45, 2.75) is 27.0 Å². The molecular weight excluding hydrogens is 324 g/mol. The van der Waals surface area contributed by atoms with E-state index in [2.05, 4.69) is 56.7 Å². The number of aromatic nitrogens is 3. The molecule has 5 nitrogen and oxygen atoms in total. The third-order valence-corrected chi connectivity index (χ3v) is 4.85. The summed E-state index contributed by atoms with van der Waals surface area (Å²) >= 11 is 0. The van der Waals surface area contributed by atoms with Crippen LogP contribution in [0, 0.1) is 6.92 Å². The number of rotatable bonds is 4. The molecule has 1 N–H and O–H groups in total. The second kappa shape index (κ2) is 6.42. The number of aliphatic hydroxyl groups is 1. The molecule has 0 aliphatic heterocycles. The van der Waals surface area contributed by atoms with E-state index in [1.54, 1.807) is 0 Å². The molecule has 0 aliphatic rings. The number of para-hydroxylation sites is 1. The third-order valence-electron chi connectivity index (χ3n) is 4.85. The average Bonchev–Trinajstić information content (AvgIpc) is 3.03. The largest absolute Gasteiger partial charge is 0.390 e. The van der Waals surface area contributed by atoms with Gasteiger partial charge in [0.05, 0.1) is 12.1 Å². The lowest BCUT2D eigenvalue weighted by molar-refractivity contribution is 0.272. The second-order valence-electron chi connectivity index (χ2n) is 6.45. The number of nitrogens with zero attached hydrogens (tertiary/aromatic N) is 4. The number of hydrogen-bond acceptors (Lipinski definition) is 4. The maximum Gasteiger partial charge on any atom is 0.144 e. The molecule has 132 valence electrons. The lowest BCUT2D eigenvalue weighted by Crippen LogP contribution is -2.13. The number of benzene rings is 2. The number of aliphatic hydroxyl groups excluding tert-OH is 1. The molecule has 0 fully saturated rings. The third kappa shape index (κ3) is 2.61. The zero-order valence-corrected chi connectivity index (χ0v) is 15.3. The van der Waals surface area contributed by atoms with Crippen LogP contribution in [-0.2, 0) is 13.2 Å². The molecule has 0 saturated heterocycles. The summed E-state index contributed by atoms with van der Waals surface area (Å²) in [5.41, 5.74) is 4.07. The van der Waals surface area contributed by atoms with Crippen LogP contribution in [0.3, 0.4) is 0 Å². The van der Waals surface area contributed by atoms with Gasteiger partial charge in [-0.05, 0) is 50.2 Å². The van der Waals surface area contributed by atoms with Gasteiger partial charge in [-0.15, -0.1) is 0 Å². The zero-order chi connectivity index (χ0) is 18.3. The fourth-order valence-electron chi connectivity index (χ4n) is 3.58. The van der Waals surface area contributed by atoms with Gasteiger partial charge < -0.3 is 14.6 Å². The minimum absolute atomic E-state index is 0.0451. The van der Waals surface area contributed by atoms with Gasteiger partial charge in [0.15, 0.2) is 0 Å². The maximum atomic E-state index is 9.61. The first kappa shape index (κ1) is 16.5. The van der Waals surface area contributed by atoms with E-state index < -0.39 is 0 Å². The molecule has 0 amide bonds. The predicted octanol–water partition coefficient (Wildman–Crippen LogP) is 4.17. The van der Waals surface area contributed by atoms with Crippen molar-refractivity contribution in [2.75, 3.05) is 11.9 Å². The van der Waals surface area contributed by atoms with Crippen LogP contribution in [-0.4, -0.2) is 26.7 Å². The summed E-state index contributed by atoms with van der Waals surface area (Å²) in [5, 5.41) is 11.8. The van der Waals surface area contributed by atoms with Gasteiger partial charge >= 0.3 is 0 Å². The minimum Gasteiger partial charge on any atom is -0.390 e. The van der Waals surface area contributed by atoms with Crippen molar-refractivity contribution < 1.29 is 5.11 Å². The Morgan fingerprint density at radius 2 is 1.88 bits per heavy atom. The molecule has 2 heterocycles. The zero-order valence-electron chi connectivity index (χ0n) is 15.3. The molecule has 0 atom stereocenters. The van der Waals surface area contributed by atoms with Gasteiger partial charge in [0.1, 0.15) is 11.6 Å². The highest BCUT2D eigenvalue weighted by Gasteiger charge is 2.14.